The van der Waals surface area contributed by atoms with Crippen LogP contribution in [0.4, 0.5) is 0 Å². The second kappa shape index (κ2) is 11.3. The van der Waals surface area contributed by atoms with E-state index < -0.39 is 6.35 Å². The number of unbranched alkanes of at least 4 members (excludes halogenated alkanes) is 2. The third-order valence-electron chi connectivity index (χ3n) is 2.51. The van der Waals surface area contributed by atoms with Gasteiger partial charge in [0.05, 0.1) is 0 Å². The highest BCUT2D eigenvalue weighted by molar-refractivity contribution is 4.61. The average molecular weight is 231 g/mol. The Balaban J connectivity index is 3.26. The summed E-state index contributed by atoms with van der Waals surface area (Å²) in [6, 6.07) is 0.300. The molecule has 0 saturated carbocycles. The summed E-state index contributed by atoms with van der Waals surface area (Å²) in [7, 11) is 1.71. The summed E-state index contributed by atoms with van der Waals surface area (Å²) < 4.78 is 4.95. The van der Waals surface area contributed by atoms with Gasteiger partial charge in [0.25, 0.3) is 0 Å². The molecule has 0 amide bonds. The summed E-state index contributed by atoms with van der Waals surface area (Å²) in [5, 5.41) is 17.4. The molecule has 0 aromatic heterocycles. The molecule has 0 aliphatic heterocycles. The van der Waals surface area contributed by atoms with Gasteiger partial charge < -0.3 is 4.74 Å². The molecule has 0 bridgehead atoms. The lowest BCUT2D eigenvalue weighted by Gasteiger charge is -2.17. The van der Waals surface area contributed by atoms with Gasteiger partial charge in [0.2, 0.25) is 0 Å². The predicted octanol–water partition coefficient (Wildman–Crippen LogP) is 1.88. The fraction of sp³-hybridized carbons (Fsp3) is 1.00. The first-order valence-corrected chi connectivity index (χ1v) is 6.34. The fourth-order valence-corrected chi connectivity index (χ4v) is 1.62. The molecule has 0 aromatic carbocycles. The van der Waals surface area contributed by atoms with Gasteiger partial charge in [-0.2, -0.15) is 5.11 Å². The molecule has 0 fully saturated rings. The second-order valence-corrected chi connectivity index (χ2v) is 4.24. The summed E-state index contributed by atoms with van der Waals surface area (Å²) in [6.07, 6.45) is 4.54. The molecule has 0 aromatic rings. The highest BCUT2D eigenvalue weighted by Gasteiger charge is 2.07. The lowest BCUT2D eigenvalue weighted by Crippen LogP contribution is -2.45. The predicted molar refractivity (Wildman–Crippen MR) is 65.7 cm³/mol. The van der Waals surface area contributed by atoms with Crippen molar-refractivity contribution >= 4 is 0 Å². The van der Waals surface area contributed by atoms with Crippen molar-refractivity contribution in [3.8, 4) is 0 Å². The zero-order valence-electron chi connectivity index (χ0n) is 10.9. The standard InChI is InChI=1S/C12H27N2O2/c1-4-8-11(2)14-12(15)13-9-6-5-7-10-16-3/h11-14H,4-10H2,1-3H3. The molecule has 0 aliphatic rings. The summed E-state index contributed by atoms with van der Waals surface area (Å²) in [6.45, 7) is 5.77. The van der Waals surface area contributed by atoms with Crippen molar-refractivity contribution in [1.82, 2.24) is 10.6 Å². The molecular weight excluding hydrogens is 204 g/mol. The molecule has 0 spiro atoms. The average Bonchev–Trinajstić information content (AvgIpc) is 2.23. The Kier molecular flexibility index (Phi) is 11.2. The van der Waals surface area contributed by atoms with Crippen molar-refractivity contribution in [1.29, 1.82) is 0 Å². The molecule has 0 rings (SSSR count). The largest absolute Gasteiger partial charge is 0.385 e. The minimum absolute atomic E-state index is 0.300. The van der Waals surface area contributed by atoms with E-state index >= 15 is 0 Å². The van der Waals surface area contributed by atoms with E-state index in [9.17, 15) is 5.11 Å². The van der Waals surface area contributed by atoms with Gasteiger partial charge in [-0.15, -0.1) is 0 Å². The third-order valence-corrected chi connectivity index (χ3v) is 2.51. The van der Waals surface area contributed by atoms with E-state index in [0.717, 1.165) is 45.3 Å². The van der Waals surface area contributed by atoms with Gasteiger partial charge in [0, 0.05) is 19.8 Å². The second-order valence-electron chi connectivity index (χ2n) is 4.24. The van der Waals surface area contributed by atoms with Crippen molar-refractivity contribution in [2.24, 2.45) is 0 Å². The number of methoxy groups -OCH3 is 1. The van der Waals surface area contributed by atoms with E-state index in [-0.39, 0.29) is 0 Å². The molecule has 4 heteroatoms. The monoisotopic (exact) mass is 231 g/mol. The van der Waals surface area contributed by atoms with E-state index in [0.29, 0.717) is 6.04 Å². The summed E-state index contributed by atoms with van der Waals surface area (Å²) in [5.41, 5.74) is 0. The van der Waals surface area contributed by atoms with Crippen LogP contribution in [0.25, 0.3) is 0 Å². The van der Waals surface area contributed by atoms with Gasteiger partial charge in [0.1, 0.15) is 0 Å². The van der Waals surface area contributed by atoms with Gasteiger partial charge >= 0.3 is 0 Å². The highest BCUT2D eigenvalue weighted by Crippen LogP contribution is 1.96. The number of nitrogens with one attached hydrogen (secondary N) is 2. The molecule has 4 nitrogen and oxygen atoms in total. The minimum atomic E-state index is -0.830. The SMILES string of the molecule is CCCC(C)NC([O])NCCCCCOC. The number of rotatable bonds is 11. The maximum atomic E-state index is 11.5. The molecule has 0 heterocycles. The quantitative estimate of drug-likeness (QED) is 0.422. The first-order chi connectivity index (χ1) is 7.70. The zero-order valence-corrected chi connectivity index (χ0v) is 10.9. The van der Waals surface area contributed by atoms with Gasteiger partial charge in [0.15, 0.2) is 6.35 Å². The Morgan fingerprint density at radius 2 is 2.00 bits per heavy atom. The molecule has 2 N–H and O–H groups in total. The van der Waals surface area contributed by atoms with Crippen molar-refractivity contribution in [3.05, 3.63) is 0 Å². The van der Waals surface area contributed by atoms with Gasteiger partial charge in [-0.25, -0.2) is 0 Å². The Bertz CT molecular complexity index is 145. The maximum Gasteiger partial charge on any atom is 0.197 e. The van der Waals surface area contributed by atoms with E-state index in [4.69, 9.17) is 4.74 Å². The number of hydrogen-bond donors (Lipinski definition) is 2. The molecule has 1 radical (unpaired) electrons. The number of hydrogen-bond acceptors (Lipinski definition) is 3. The molecule has 2 unspecified atom stereocenters. The van der Waals surface area contributed by atoms with Crippen LogP contribution in [0.15, 0.2) is 0 Å². The maximum absolute atomic E-state index is 11.5. The van der Waals surface area contributed by atoms with Crippen LogP contribution in [-0.2, 0) is 9.84 Å². The van der Waals surface area contributed by atoms with Crippen molar-refractivity contribution in [2.75, 3.05) is 20.3 Å². The molecule has 2 atom stereocenters. The first kappa shape index (κ1) is 15.8. The Morgan fingerprint density at radius 3 is 2.62 bits per heavy atom. The van der Waals surface area contributed by atoms with Crippen LogP contribution in [-0.4, -0.2) is 32.7 Å². The highest BCUT2D eigenvalue weighted by atomic mass is 16.5. The van der Waals surface area contributed by atoms with Crippen LogP contribution < -0.4 is 10.6 Å². The zero-order chi connectivity index (χ0) is 12.2. The normalized spacial score (nSPS) is 15.0. The summed E-state index contributed by atoms with van der Waals surface area (Å²) >= 11 is 0. The molecule has 0 saturated heterocycles. The molecular formula is C12H27N2O2. The van der Waals surface area contributed by atoms with Crippen LogP contribution in [0.2, 0.25) is 0 Å². The third kappa shape index (κ3) is 10.4. The minimum Gasteiger partial charge on any atom is -0.385 e. The van der Waals surface area contributed by atoms with Gasteiger partial charge in [-0.05, 0) is 39.2 Å². The van der Waals surface area contributed by atoms with Crippen LogP contribution in [0.5, 0.6) is 0 Å². The van der Waals surface area contributed by atoms with Gasteiger partial charge in [-0.3, -0.25) is 10.6 Å². The van der Waals surface area contributed by atoms with Gasteiger partial charge in [-0.1, -0.05) is 13.3 Å². The number of ether oxygens (including phenoxy) is 1. The summed E-state index contributed by atoms with van der Waals surface area (Å²) in [4.78, 5) is 0. The molecule has 97 valence electrons. The fourth-order valence-electron chi connectivity index (χ4n) is 1.62. The molecule has 16 heavy (non-hydrogen) atoms. The van der Waals surface area contributed by atoms with E-state index in [2.05, 4.69) is 24.5 Å². The Labute approximate surface area is 99.8 Å². The van der Waals surface area contributed by atoms with Crippen LogP contribution in [0, 0.1) is 0 Å². The van der Waals surface area contributed by atoms with Crippen molar-refractivity contribution in [2.45, 2.75) is 58.3 Å². The van der Waals surface area contributed by atoms with Crippen molar-refractivity contribution in [3.63, 3.8) is 0 Å². The van der Waals surface area contributed by atoms with Crippen LogP contribution in [0.3, 0.4) is 0 Å². The van der Waals surface area contributed by atoms with E-state index in [1.807, 2.05) is 0 Å². The lowest BCUT2D eigenvalue weighted by atomic mass is 10.2. The van der Waals surface area contributed by atoms with Crippen molar-refractivity contribution < 1.29 is 9.84 Å². The van der Waals surface area contributed by atoms with Crippen LogP contribution >= 0.6 is 0 Å². The molecule has 0 aliphatic carbocycles. The smallest absolute Gasteiger partial charge is 0.197 e. The van der Waals surface area contributed by atoms with E-state index in [1.165, 1.54) is 0 Å². The van der Waals surface area contributed by atoms with Crippen LogP contribution in [0.1, 0.15) is 46.0 Å². The Hall–Kier alpha value is -0.160. The lowest BCUT2D eigenvalue weighted by molar-refractivity contribution is 0.0207. The Morgan fingerprint density at radius 1 is 1.25 bits per heavy atom. The topological polar surface area (TPSA) is 53.2 Å². The van der Waals surface area contributed by atoms with E-state index in [1.54, 1.807) is 7.11 Å². The summed E-state index contributed by atoms with van der Waals surface area (Å²) in [5.74, 6) is 0. The first-order valence-electron chi connectivity index (χ1n) is 6.34.